The molecule has 0 aromatic carbocycles. The molecule has 3 fully saturated rings. The first-order valence-corrected chi connectivity index (χ1v) is 13.7. The quantitative estimate of drug-likeness (QED) is 0.445. The zero-order valence-electron chi connectivity index (χ0n) is 22.9. The third kappa shape index (κ3) is 3.52. The van der Waals surface area contributed by atoms with E-state index in [4.69, 9.17) is 0 Å². The summed E-state index contributed by atoms with van der Waals surface area (Å²) in [5.74, 6) is 1.16. The van der Waals surface area contributed by atoms with Crippen LogP contribution in [0.1, 0.15) is 93.4 Å². The lowest BCUT2D eigenvalue weighted by Crippen LogP contribution is -2.56. The lowest BCUT2D eigenvalue weighted by molar-refractivity contribution is -0.114. The van der Waals surface area contributed by atoms with E-state index in [-0.39, 0.29) is 22.4 Å². The van der Waals surface area contributed by atoms with Crippen LogP contribution in [-0.2, 0) is 4.79 Å². The fourth-order valence-electron chi connectivity index (χ4n) is 8.70. The molecule has 6 unspecified atom stereocenters. The van der Waals surface area contributed by atoms with Gasteiger partial charge in [0.25, 0.3) is 0 Å². The summed E-state index contributed by atoms with van der Waals surface area (Å²) >= 11 is 0. The van der Waals surface area contributed by atoms with Crippen molar-refractivity contribution in [3.05, 3.63) is 46.3 Å². The third-order valence-electron chi connectivity index (χ3n) is 10.8. The summed E-state index contributed by atoms with van der Waals surface area (Å²) < 4.78 is 0. The van der Waals surface area contributed by atoms with E-state index in [9.17, 15) is 9.90 Å². The van der Waals surface area contributed by atoms with E-state index >= 15 is 0 Å². The molecule has 0 aliphatic heterocycles. The van der Waals surface area contributed by atoms with Gasteiger partial charge in [0.1, 0.15) is 0 Å². The van der Waals surface area contributed by atoms with Gasteiger partial charge in [-0.15, -0.1) is 0 Å². The van der Waals surface area contributed by atoms with Crippen LogP contribution in [0.25, 0.3) is 0 Å². The molecule has 34 heavy (non-hydrogen) atoms. The van der Waals surface area contributed by atoms with E-state index in [0.717, 1.165) is 35.6 Å². The molecule has 188 valence electrons. The Morgan fingerprint density at radius 1 is 1.00 bits per heavy atom. The SMILES string of the molecule is CC.CNCC1(C)CCC2(C)CCC3(C)C4=CC=C5C(=CC(=O)C(O)=C5C)C4(C)CCC3C2C1. The molecule has 0 aromatic heterocycles. The largest absolute Gasteiger partial charge is 0.504 e. The number of fused-ring (bicyclic) bond motifs is 7. The van der Waals surface area contributed by atoms with Crippen LogP contribution >= 0.6 is 0 Å². The first-order chi connectivity index (χ1) is 16.0. The zero-order valence-corrected chi connectivity index (χ0v) is 22.9. The number of aliphatic hydroxyl groups excluding tert-OH is 1. The van der Waals surface area contributed by atoms with Crippen LogP contribution < -0.4 is 5.32 Å². The molecular formula is C31H47NO2. The number of carbonyl (C=O) groups excluding carboxylic acids is 1. The predicted octanol–water partition coefficient (Wildman–Crippen LogP) is 7.47. The maximum absolute atomic E-state index is 12.6. The maximum atomic E-state index is 12.6. The Labute approximate surface area is 207 Å². The summed E-state index contributed by atoms with van der Waals surface area (Å²) in [5, 5.41) is 13.8. The summed E-state index contributed by atoms with van der Waals surface area (Å²) in [6.07, 6.45) is 15.2. The summed E-state index contributed by atoms with van der Waals surface area (Å²) in [7, 11) is 2.10. The van der Waals surface area contributed by atoms with Crippen molar-refractivity contribution in [2.45, 2.75) is 93.4 Å². The highest BCUT2D eigenvalue weighted by atomic mass is 16.3. The van der Waals surface area contributed by atoms with Crippen molar-refractivity contribution < 1.29 is 9.90 Å². The highest BCUT2D eigenvalue weighted by Crippen LogP contribution is 2.70. The van der Waals surface area contributed by atoms with Gasteiger partial charge < -0.3 is 10.4 Å². The van der Waals surface area contributed by atoms with Crippen LogP contribution in [0.15, 0.2) is 46.3 Å². The van der Waals surface area contributed by atoms with Crippen molar-refractivity contribution in [1.29, 1.82) is 0 Å². The van der Waals surface area contributed by atoms with E-state index in [1.54, 1.807) is 11.6 Å². The molecule has 6 atom stereocenters. The number of allylic oxidation sites excluding steroid dienone is 7. The lowest BCUT2D eigenvalue weighted by atomic mass is 9.39. The van der Waals surface area contributed by atoms with Crippen LogP contribution in [0.4, 0.5) is 0 Å². The van der Waals surface area contributed by atoms with Gasteiger partial charge in [0, 0.05) is 17.5 Å². The van der Waals surface area contributed by atoms with Gasteiger partial charge in [0.2, 0.25) is 5.78 Å². The van der Waals surface area contributed by atoms with E-state index in [1.807, 2.05) is 20.8 Å². The van der Waals surface area contributed by atoms with Crippen molar-refractivity contribution in [1.82, 2.24) is 5.32 Å². The van der Waals surface area contributed by atoms with Gasteiger partial charge in [-0.1, -0.05) is 59.3 Å². The standard InChI is InChI=1S/C29H41NO2.C2H6/c1-18-19-7-8-24-28(4,21(19)15-23(31)25(18)32)10-9-20-22-16-26(2,17-30-6)11-12-27(22,3)13-14-29(20,24)5;1-2/h7-8,15,20,22,30,32H,9-14,16-17H2,1-6H3;1-2H3. The minimum Gasteiger partial charge on any atom is -0.504 e. The molecule has 3 saturated carbocycles. The molecule has 0 radical (unpaired) electrons. The van der Waals surface area contributed by atoms with E-state index in [1.165, 1.54) is 38.5 Å². The number of ketones is 1. The van der Waals surface area contributed by atoms with Gasteiger partial charge in [0.05, 0.1) is 0 Å². The molecule has 0 amide bonds. The summed E-state index contributed by atoms with van der Waals surface area (Å²) in [5.41, 5.74) is 5.42. The molecule has 0 spiro atoms. The lowest BCUT2D eigenvalue weighted by Gasteiger charge is -2.65. The monoisotopic (exact) mass is 465 g/mol. The third-order valence-corrected chi connectivity index (χ3v) is 10.8. The highest BCUT2D eigenvalue weighted by molar-refractivity contribution is 6.06. The van der Waals surface area contributed by atoms with E-state index < -0.39 is 0 Å². The second-order valence-electron chi connectivity index (χ2n) is 12.8. The summed E-state index contributed by atoms with van der Waals surface area (Å²) in [6.45, 7) is 17.0. The van der Waals surface area contributed by atoms with Gasteiger partial charge in [-0.05, 0) is 104 Å². The van der Waals surface area contributed by atoms with Gasteiger partial charge >= 0.3 is 0 Å². The van der Waals surface area contributed by atoms with Gasteiger partial charge in [-0.3, -0.25) is 4.79 Å². The van der Waals surface area contributed by atoms with Crippen molar-refractivity contribution in [2.75, 3.05) is 13.6 Å². The van der Waals surface area contributed by atoms with Crippen molar-refractivity contribution in [3.8, 4) is 0 Å². The molecule has 0 heterocycles. The smallest absolute Gasteiger partial charge is 0.220 e. The first kappa shape index (κ1) is 25.5. The summed E-state index contributed by atoms with van der Waals surface area (Å²) in [4.78, 5) is 12.6. The van der Waals surface area contributed by atoms with Crippen molar-refractivity contribution in [3.63, 3.8) is 0 Å². The van der Waals surface area contributed by atoms with Crippen LogP contribution in [0, 0.1) is 33.5 Å². The minimum absolute atomic E-state index is 0.0835. The number of hydrogen-bond acceptors (Lipinski definition) is 3. The number of nitrogens with one attached hydrogen (secondary N) is 1. The molecule has 3 nitrogen and oxygen atoms in total. The topological polar surface area (TPSA) is 49.3 Å². The number of carbonyl (C=O) groups is 1. The van der Waals surface area contributed by atoms with Crippen LogP contribution in [-0.4, -0.2) is 24.5 Å². The molecule has 5 rings (SSSR count). The Morgan fingerprint density at radius 2 is 1.68 bits per heavy atom. The van der Waals surface area contributed by atoms with Gasteiger partial charge in [-0.2, -0.15) is 0 Å². The normalized spacial score (nSPS) is 43.2. The molecule has 5 aliphatic rings. The highest BCUT2D eigenvalue weighted by Gasteiger charge is 2.61. The Kier molecular flexibility index (Phi) is 6.37. The molecule has 3 heteroatoms. The molecule has 5 aliphatic carbocycles. The minimum atomic E-state index is -0.226. The maximum Gasteiger partial charge on any atom is 0.220 e. The predicted molar refractivity (Wildman–Crippen MR) is 142 cm³/mol. The Bertz CT molecular complexity index is 999. The van der Waals surface area contributed by atoms with Crippen molar-refractivity contribution >= 4 is 5.78 Å². The molecule has 0 saturated heterocycles. The van der Waals surface area contributed by atoms with E-state index in [2.05, 4.69) is 52.2 Å². The van der Waals surface area contributed by atoms with Gasteiger partial charge in [-0.25, -0.2) is 0 Å². The molecule has 0 bridgehead atoms. The first-order valence-electron chi connectivity index (χ1n) is 13.7. The molecule has 0 aromatic rings. The Hall–Kier alpha value is -1.61. The Morgan fingerprint density at radius 3 is 2.35 bits per heavy atom. The van der Waals surface area contributed by atoms with Crippen LogP contribution in [0.5, 0.6) is 0 Å². The number of hydrogen-bond donors (Lipinski definition) is 2. The van der Waals surface area contributed by atoms with Crippen molar-refractivity contribution in [2.24, 2.45) is 33.5 Å². The number of aliphatic hydroxyl groups is 1. The summed E-state index contributed by atoms with van der Waals surface area (Å²) in [6, 6.07) is 0. The molecule has 2 N–H and O–H groups in total. The van der Waals surface area contributed by atoms with Gasteiger partial charge in [0.15, 0.2) is 5.76 Å². The zero-order chi connectivity index (χ0) is 25.1. The fraction of sp³-hybridized carbons (Fsp3) is 0.710. The van der Waals surface area contributed by atoms with Crippen LogP contribution in [0.3, 0.4) is 0 Å². The second kappa shape index (κ2) is 8.50. The van der Waals surface area contributed by atoms with Crippen LogP contribution in [0.2, 0.25) is 0 Å². The second-order valence-corrected chi connectivity index (χ2v) is 12.8. The number of rotatable bonds is 2. The van der Waals surface area contributed by atoms with E-state index in [0.29, 0.717) is 16.7 Å². The average molecular weight is 466 g/mol. The molecular weight excluding hydrogens is 418 g/mol. The average Bonchev–Trinajstić information content (AvgIpc) is 2.80. The fourth-order valence-corrected chi connectivity index (χ4v) is 8.70. The Balaban J connectivity index is 0.00000133.